The topological polar surface area (TPSA) is 48.1 Å². The van der Waals surface area contributed by atoms with Gasteiger partial charge < -0.3 is 10.5 Å². The summed E-state index contributed by atoms with van der Waals surface area (Å²) in [5.74, 6) is -0.571. The Kier molecular flexibility index (Phi) is 1.47. The van der Waals surface area contributed by atoms with Crippen molar-refractivity contribution in [2.24, 2.45) is 0 Å². The number of hydrogen-bond donors (Lipinski definition) is 1. The van der Waals surface area contributed by atoms with Gasteiger partial charge in [0.2, 0.25) is 5.88 Å². The van der Waals surface area contributed by atoms with E-state index in [1.54, 1.807) is 0 Å². The third-order valence-electron chi connectivity index (χ3n) is 1.09. The molecule has 3 nitrogen and oxygen atoms in total. The van der Waals surface area contributed by atoms with E-state index >= 15 is 0 Å². The molecule has 0 saturated heterocycles. The fourth-order valence-corrected chi connectivity index (χ4v) is 0.630. The van der Waals surface area contributed by atoms with Crippen LogP contribution in [0.15, 0.2) is 12.1 Å². The van der Waals surface area contributed by atoms with Crippen LogP contribution in [0.4, 0.5) is 14.5 Å². The van der Waals surface area contributed by atoms with Crippen molar-refractivity contribution in [3.8, 4) is 5.88 Å². The normalized spacial score (nSPS) is 15.1. The zero-order chi connectivity index (χ0) is 11.6. The first-order valence-electron chi connectivity index (χ1n) is 4.52. The third kappa shape index (κ3) is 2.05. The number of nitrogens with zero attached hydrogens (tertiary/aromatic N) is 1. The summed E-state index contributed by atoms with van der Waals surface area (Å²) in [5, 5.41) is 0. The Bertz CT molecular complexity index is 357. The molecule has 12 heavy (non-hydrogen) atoms. The van der Waals surface area contributed by atoms with E-state index in [0.717, 1.165) is 12.1 Å². The second kappa shape index (κ2) is 3.34. The zero-order valence-corrected chi connectivity index (χ0v) is 5.92. The van der Waals surface area contributed by atoms with Gasteiger partial charge in [-0.1, -0.05) is 0 Å². The molecule has 0 aromatic carbocycles. The van der Waals surface area contributed by atoms with Gasteiger partial charge >= 0.3 is 6.61 Å². The van der Waals surface area contributed by atoms with Gasteiger partial charge in [-0.15, -0.1) is 0 Å². The van der Waals surface area contributed by atoms with Crippen molar-refractivity contribution in [2.45, 2.75) is 13.5 Å². The summed E-state index contributed by atoms with van der Waals surface area (Å²) < 4.78 is 48.7. The minimum atomic E-state index is -3.09. The number of halogens is 2. The summed E-state index contributed by atoms with van der Waals surface area (Å²) in [4.78, 5) is 3.39. The molecule has 2 N–H and O–H groups in total. The van der Waals surface area contributed by atoms with E-state index in [0.29, 0.717) is 0 Å². The summed E-state index contributed by atoms with van der Waals surface area (Å²) in [6.45, 7) is -5.57. The van der Waals surface area contributed by atoms with Gasteiger partial charge in [-0.3, -0.25) is 0 Å². The molecule has 1 rings (SSSR count). The van der Waals surface area contributed by atoms with Crippen LogP contribution in [0.25, 0.3) is 0 Å². The summed E-state index contributed by atoms with van der Waals surface area (Å²) in [6, 6.07) is 2.30. The highest BCUT2D eigenvalue weighted by atomic mass is 19.3. The van der Waals surface area contributed by atoms with Crippen LogP contribution in [0.1, 0.15) is 9.81 Å². The molecule has 1 aromatic heterocycles. The summed E-state index contributed by atoms with van der Waals surface area (Å²) >= 11 is 0. The first-order chi connectivity index (χ1) is 6.80. The lowest BCUT2D eigenvalue weighted by atomic mass is 10.3. The first kappa shape index (κ1) is 5.29. The molecule has 0 bridgehead atoms. The van der Waals surface area contributed by atoms with Crippen molar-refractivity contribution in [2.75, 3.05) is 5.73 Å². The Labute approximate surface area is 72.4 Å². The predicted octanol–water partition coefficient (Wildman–Crippen LogP) is 1.57. The maximum absolute atomic E-state index is 11.9. The minimum absolute atomic E-state index is 0.136. The monoisotopic (exact) mass is 177 g/mol. The molecule has 66 valence electrons. The molecule has 1 aromatic rings. The van der Waals surface area contributed by atoms with E-state index in [4.69, 9.17) is 9.85 Å². The zero-order valence-electron chi connectivity index (χ0n) is 8.92. The van der Waals surface area contributed by atoms with Crippen LogP contribution in [0.3, 0.4) is 0 Å². The second-order valence-corrected chi connectivity index (χ2v) is 1.97. The lowest BCUT2D eigenvalue weighted by molar-refractivity contribution is -0.0523. The van der Waals surface area contributed by atoms with E-state index in [1.807, 2.05) is 0 Å². The third-order valence-corrected chi connectivity index (χ3v) is 1.09. The van der Waals surface area contributed by atoms with Gasteiger partial charge in [0.1, 0.15) is 0 Å². The number of nitrogens with two attached hydrogens (primary N) is 1. The molecule has 0 aliphatic heterocycles. The molecule has 1 heterocycles. The lowest BCUT2D eigenvalue weighted by Crippen LogP contribution is -2.06. The Morgan fingerprint density at radius 2 is 2.42 bits per heavy atom. The van der Waals surface area contributed by atoms with Crippen molar-refractivity contribution < 1.29 is 17.6 Å². The fourth-order valence-electron chi connectivity index (χ4n) is 0.630. The highest BCUT2D eigenvalue weighted by molar-refractivity contribution is 5.48. The molecule has 0 spiro atoms. The van der Waals surface area contributed by atoms with Crippen LogP contribution in [0.2, 0.25) is 0 Å². The smallest absolute Gasteiger partial charge is 0.388 e. The number of anilines is 1. The number of alkyl halides is 2. The van der Waals surface area contributed by atoms with Crippen LogP contribution in [-0.4, -0.2) is 11.6 Å². The standard InChI is InChI=1S/C7H8F2N2O/c1-4-2-3-5(10)6(11-4)12-7(8)9/h2-3,7H,10H2,1H3/i1D3. The van der Waals surface area contributed by atoms with Gasteiger partial charge in [0, 0.05) is 9.81 Å². The number of ether oxygens (including phenoxy) is 1. The molecule has 0 aliphatic rings. The van der Waals surface area contributed by atoms with Crippen LogP contribution in [0, 0.1) is 6.85 Å². The number of pyridine rings is 1. The van der Waals surface area contributed by atoms with Crippen LogP contribution in [-0.2, 0) is 0 Å². The second-order valence-electron chi connectivity index (χ2n) is 1.97. The van der Waals surface area contributed by atoms with Crippen LogP contribution in [0.5, 0.6) is 5.88 Å². The van der Waals surface area contributed by atoms with E-state index < -0.39 is 19.3 Å². The van der Waals surface area contributed by atoms with E-state index in [1.165, 1.54) is 0 Å². The van der Waals surface area contributed by atoms with Crippen molar-refractivity contribution >= 4 is 5.69 Å². The molecule has 0 fully saturated rings. The Balaban J connectivity index is 3.06. The van der Waals surface area contributed by atoms with Gasteiger partial charge in [0.15, 0.2) is 0 Å². The lowest BCUT2D eigenvalue weighted by Gasteiger charge is -2.06. The van der Waals surface area contributed by atoms with Gasteiger partial charge in [0.05, 0.1) is 5.69 Å². The first-order valence-corrected chi connectivity index (χ1v) is 3.02. The van der Waals surface area contributed by atoms with Gasteiger partial charge in [-0.05, 0) is 19.0 Å². The van der Waals surface area contributed by atoms with Crippen LogP contribution >= 0.6 is 0 Å². The molecule has 0 atom stereocenters. The SMILES string of the molecule is [2H]C([2H])([2H])c1ccc(N)c(OC(F)F)n1. The summed E-state index contributed by atoms with van der Waals surface area (Å²) in [7, 11) is 0. The average Bonchev–Trinajstić information content (AvgIpc) is 2.06. The molecule has 0 aliphatic carbocycles. The van der Waals surface area contributed by atoms with Gasteiger partial charge in [-0.2, -0.15) is 8.78 Å². The molecule has 0 saturated carbocycles. The molecule has 5 heteroatoms. The minimum Gasteiger partial charge on any atom is -0.415 e. The number of rotatable bonds is 2. The Hall–Kier alpha value is -1.39. The molecular formula is C7H8F2N2O. The predicted molar refractivity (Wildman–Crippen MR) is 40.0 cm³/mol. The quantitative estimate of drug-likeness (QED) is 0.745. The number of nitrogen functional groups attached to an aromatic ring is 1. The summed E-state index contributed by atoms with van der Waals surface area (Å²) in [5.41, 5.74) is 4.80. The van der Waals surface area contributed by atoms with Crippen molar-refractivity contribution in [3.63, 3.8) is 0 Å². The summed E-state index contributed by atoms with van der Waals surface area (Å²) in [6.07, 6.45) is 0. The number of aromatic nitrogens is 1. The van der Waals surface area contributed by atoms with Crippen molar-refractivity contribution in [1.29, 1.82) is 0 Å². The van der Waals surface area contributed by atoms with Gasteiger partial charge in [-0.25, -0.2) is 4.98 Å². The highest BCUT2D eigenvalue weighted by Gasteiger charge is 2.08. The van der Waals surface area contributed by atoms with Crippen molar-refractivity contribution in [3.05, 3.63) is 17.8 Å². The molecule has 0 radical (unpaired) electrons. The Morgan fingerprint density at radius 1 is 1.67 bits per heavy atom. The van der Waals surface area contributed by atoms with E-state index in [9.17, 15) is 8.78 Å². The number of hydrogen-bond acceptors (Lipinski definition) is 3. The fraction of sp³-hybridized carbons (Fsp3) is 0.286. The molecular weight excluding hydrogens is 166 g/mol. The average molecular weight is 177 g/mol. The molecule has 0 amide bonds. The number of aryl methyl sites for hydroxylation is 1. The van der Waals surface area contributed by atoms with Crippen molar-refractivity contribution in [1.82, 2.24) is 4.98 Å². The van der Waals surface area contributed by atoms with E-state index in [-0.39, 0.29) is 11.4 Å². The highest BCUT2D eigenvalue weighted by Crippen LogP contribution is 2.19. The largest absolute Gasteiger partial charge is 0.415 e. The molecule has 0 unspecified atom stereocenters. The Morgan fingerprint density at radius 3 is 3.00 bits per heavy atom. The van der Waals surface area contributed by atoms with Gasteiger partial charge in [0.25, 0.3) is 0 Å². The maximum Gasteiger partial charge on any atom is 0.388 e. The van der Waals surface area contributed by atoms with Crippen LogP contribution < -0.4 is 10.5 Å². The maximum atomic E-state index is 11.9. The van der Waals surface area contributed by atoms with E-state index in [2.05, 4.69) is 9.72 Å².